The van der Waals surface area contributed by atoms with Gasteiger partial charge in [0.2, 0.25) is 0 Å². The minimum absolute atomic E-state index is 0.146. The van der Waals surface area contributed by atoms with Crippen molar-refractivity contribution in [2.24, 2.45) is 5.16 Å². The number of nitrogens with zero attached hydrogens (tertiary/aromatic N) is 1. The fourth-order valence-electron chi connectivity index (χ4n) is 0.182. The Bertz CT molecular complexity index is 121. The minimum atomic E-state index is -0.146. The highest BCUT2D eigenvalue weighted by atomic mass is 31.0. The fraction of sp³-hybridized carbons (Fsp3) is 0.500. The van der Waals surface area contributed by atoms with Gasteiger partial charge in [0.25, 0.3) is 0 Å². The Morgan fingerprint density at radius 3 is 2.38 bits per heavy atom. The van der Waals surface area contributed by atoms with Gasteiger partial charge in [0.15, 0.2) is 5.52 Å². The van der Waals surface area contributed by atoms with Crippen molar-refractivity contribution in [3.63, 3.8) is 0 Å². The molecule has 0 spiro atoms. The molecule has 1 unspecified atom stereocenters. The molecule has 0 aliphatic rings. The molecular weight excluding hydrogens is 125 g/mol. The highest BCUT2D eigenvalue weighted by Crippen LogP contribution is 1.88. The first kappa shape index (κ1) is 7.57. The topological polar surface area (TPSA) is 38.7 Å². The molecule has 0 amide bonds. The van der Waals surface area contributed by atoms with E-state index >= 15 is 0 Å². The second-order valence-electron chi connectivity index (χ2n) is 1.22. The Morgan fingerprint density at radius 2 is 2.25 bits per heavy atom. The van der Waals surface area contributed by atoms with Gasteiger partial charge in [0.05, 0.1) is 0 Å². The Hall–Kier alpha value is -0.430. The summed E-state index contributed by atoms with van der Waals surface area (Å²) in [4.78, 5) is 14.6. The van der Waals surface area contributed by atoms with Crippen molar-refractivity contribution in [2.75, 3.05) is 7.11 Å². The van der Waals surface area contributed by atoms with Crippen LogP contribution in [0.3, 0.4) is 0 Å². The van der Waals surface area contributed by atoms with Crippen LogP contribution >= 0.6 is 9.24 Å². The third kappa shape index (κ3) is 2.69. The number of carbonyl (C=O) groups excluding carboxylic acids is 1. The summed E-state index contributed by atoms with van der Waals surface area (Å²) >= 11 is 0. The van der Waals surface area contributed by atoms with Crippen LogP contribution in [-0.4, -0.2) is 18.3 Å². The normalized spacial score (nSPS) is 11.1. The van der Waals surface area contributed by atoms with Crippen LogP contribution in [0, 0.1) is 0 Å². The summed E-state index contributed by atoms with van der Waals surface area (Å²) in [6, 6.07) is 0. The zero-order chi connectivity index (χ0) is 6.57. The number of oxime groups is 1. The molecule has 8 heavy (non-hydrogen) atoms. The molecule has 0 aromatic rings. The van der Waals surface area contributed by atoms with E-state index in [1.54, 1.807) is 6.92 Å². The summed E-state index contributed by atoms with van der Waals surface area (Å²) in [7, 11) is 3.40. The third-order valence-electron chi connectivity index (χ3n) is 0.585. The molecule has 0 fully saturated rings. The second kappa shape index (κ2) is 3.56. The average Bonchev–Trinajstić information content (AvgIpc) is 1.67. The Morgan fingerprint density at radius 1 is 1.75 bits per heavy atom. The molecule has 0 bridgehead atoms. The molecule has 0 radical (unpaired) electrons. The van der Waals surface area contributed by atoms with Crippen LogP contribution in [0.1, 0.15) is 6.92 Å². The minimum Gasteiger partial charge on any atom is -0.399 e. The van der Waals surface area contributed by atoms with E-state index in [9.17, 15) is 4.79 Å². The van der Waals surface area contributed by atoms with Gasteiger partial charge in [-0.05, 0) is 6.92 Å². The Balaban J connectivity index is 3.80. The van der Waals surface area contributed by atoms with E-state index in [0.29, 0.717) is 5.71 Å². The first-order chi connectivity index (χ1) is 3.68. The molecule has 0 saturated carbocycles. The van der Waals surface area contributed by atoms with Crippen LogP contribution in [0.15, 0.2) is 5.16 Å². The van der Waals surface area contributed by atoms with Gasteiger partial charge in [-0.25, -0.2) is 0 Å². The summed E-state index contributed by atoms with van der Waals surface area (Å²) in [6.07, 6.45) is 0. The van der Waals surface area contributed by atoms with Crippen molar-refractivity contribution < 1.29 is 9.63 Å². The highest BCUT2D eigenvalue weighted by molar-refractivity contribution is 7.45. The predicted octanol–water partition coefficient (Wildman–Crippen LogP) is 0.410. The van der Waals surface area contributed by atoms with Crippen LogP contribution in [0.2, 0.25) is 0 Å². The lowest BCUT2D eigenvalue weighted by Crippen LogP contribution is -2.00. The highest BCUT2D eigenvalue weighted by Gasteiger charge is 1.95. The maximum absolute atomic E-state index is 10.3. The molecule has 0 rings (SSSR count). The lowest BCUT2D eigenvalue weighted by atomic mass is 10.5. The fourth-order valence-corrected chi connectivity index (χ4v) is 0.235. The summed E-state index contributed by atoms with van der Waals surface area (Å²) in [5.41, 5.74) is 0.212. The second-order valence-corrected chi connectivity index (χ2v) is 1.75. The molecule has 0 aliphatic heterocycles. The first-order valence-electron chi connectivity index (χ1n) is 2.06. The molecule has 1 atom stereocenters. The number of hydrogen-bond donors (Lipinski definition) is 0. The van der Waals surface area contributed by atoms with Gasteiger partial charge in [-0.15, -0.1) is 0 Å². The molecule has 0 aromatic carbocycles. The van der Waals surface area contributed by atoms with Gasteiger partial charge < -0.3 is 4.84 Å². The molecule has 0 aromatic heterocycles. The number of hydrogen-bond acceptors (Lipinski definition) is 3. The van der Waals surface area contributed by atoms with E-state index in [-0.39, 0.29) is 5.52 Å². The van der Waals surface area contributed by atoms with Crippen LogP contribution in [0.25, 0.3) is 0 Å². The number of carbonyl (C=O) groups is 1. The predicted molar refractivity (Wildman–Crippen MR) is 34.8 cm³/mol. The van der Waals surface area contributed by atoms with E-state index < -0.39 is 0 Å². The lowest BCUT2D eigenvalue weighted by Gasteiger charge is -1.88. The van der Waals surface area contributed by atoms with E-state index in [1.807, 2.05) is 9.24 Å². The average molecular weight is 133 g/mol. The molecule has 0 saturated heterocycles. The van der Waals surface area contributed by atoms with Gasteiger partial charge in [-0.1, -0.05) is 14.4 Å². The van der Waals surface area contributed by atoms with Crippen molar-refractivity contribution in [1.29, 1.82) is 0 Å². The molecular formula is C4H8NO2P. The molecule has 4 heteroatoms. The first-order valence-corrected chi connectivity index (χ1v) is 2.63. The van der Waals surface area contributed by atoms with Crippen molar-refractivity contribution in [1.82, 2.24) is 0 Å². The van der Waals surface area contributed by atoms with E-state index in [1.165, 1.54) is 7.11 Å². The number of rotatable bonds is 2. The van der Waals surface area contributed by atoms with Crippen molar-refractivity contribution >= 4 is 20.5 Å². The molecule has 46 valence electrons. The largest absolute Gasteiger partial charge is 0.399 e. The summed E-state index contributed by atoms with van der Waals surface area (Å²) in [5, 5.41) is 3.37. The Kier molecular flexibility index (Phi) is 3.37. The third-order valence-corrected chi connectivity index (χ3v) is 1.00. The molecule has 0 heterocycles. The van der Waals surface area contributed by atoms with Gasteiger partial charge >= 0.3 is 0 Å². The standard InChI is InChI=1S/C4H8NO2P/c1-3(4(6)8)5-7-2/h8H2,1-2H3/b5-3-. The molecule has 0 aliphatic carbocycles. The summed E-state index contributed by atoms with van der Waals surface area (Å²) in [6.45, 7) is 1.58. The van der Waals surface area contributed by atoms with Crippen molar-refractivity contribution in [2.45, 2.75) is 6.92 Å². The van der Waals surface area contributed by atoms with Gasteiger partial charge in [0, 0.05) is 0 Å². The molecule has 0 N–H and O–H groups in total. The van der Waals surface area contributed by atoms with Crippen molar-refractivity contribution in [3.8, 4) is 0 Å². The zero-order valence-electron chi connectivity index (χ0n) is 4.84. The van der Waals surface area contributed by atoms with Gasteiger partial charge in [-0.2, -0.15) is 0 Å². The zero-order valence-corrected chi connectivity index (χ0v) is 6.00. The summed E-state index contributed by atoms with van der Waals surface area (Å²) in [5.74, 6) is 0. The van der Waals surface area contributed by atoms with Crippen LogP contribution in [0.5, 0.6) is 0 Å². The van der Waals surface area contributed by atoms with Crippen molar-refractivity contribution in [3.05, 3.63) is 0 Å². The maximum Gasteiger partial charge on any atom is 0.195 e. The van der Waals surface area contributed by atoms with E-state index in [4.69, 9.17) is 0 Å². The lowest BCUT2D eigenvalue weighted by molar-refractivity contribution is -0.105. The van der Waals surface area contributed by atoms with E-state index in [2.05, 4.69) is 9.99 Å². The monoisotopic (exact) mass is 133 g/mol. The quantitative estimate of drug-likeness (QED) is 0.311. The maximum atomic E-state index is 10.3. The van der Waals surface area contributed by atoms with Crippen LogP contribution < -0.4 is 0 Å². The summed E-state index contributed by atoms with van der Waals surface area (Å²) < 4.78 is 0. The van der Waals surface area contributed by atoms with Gasteiger partial charge in [-0.3, -0.25) is 4.79 Å². The smallest absolute Gasteiger partial charge is 0.195 e. The SMILES string of the molecule is CO/N=C(/C)C(=O)P. The molecule has 3 nitrogen and oxygen atoms in total. The van der Waals surface area contributed by atoms with Crippen LogP contribution in [0.4, 0.5) is 0 Å². The Labute approximate surface area is 50.3 Å². The van der Waals surface area contributed by atoms with Gasteiger partial charge in [0.1, 0.15) is 12.8 Å². The van der Waals surface area contributed by atoms with E-state index in [0.717, 1.165) is 0 Å². The van der Waals surface area contributed by atoms with Crippen LogP contribution in [-0.2, 0) is 9.63 Å².